The molecule has 8 amide bonds. The van der Waals surface area contributed by atoms with E-state index in [9.17, 15) is 43.5 Å². The molecule has 0 aromatic heterocycles. The minimum atomic E-state index is -1.31. The van der Waals surface area contributed by atoms with Crippen molar-refractivity contribution >= 4 is 47.3 Å². The van der Waals surface area contributed by atoms with Crippen LogP contribution in [0.15, 0.2) is 24.3 Å². The van der Waals surface area contributed by atoms with Gasteiger partial charge in [-0.25, -0.2) is 0 Å². The maximum Gasteiger partial charge on any atom is 0.243 e. The fourth-order valence-corrected chi connectivity index (χ4v) is 5.69. The summed E-state index contributed by atoms with van der Waals surface area (Å²) in [6, 6.07) is -1.04. The number of benzene rings is 1. The Balaban J connectivity index is 3.38. The third-order valence-corrected chi connectivity index (χ3v) is 9.28. The highest BCUT2D eigenvalue weighted by molar-refractivity contribution is 5.97. The lowest BCUT2D eigenvalue weighted by atomic mass is 9.95. The van der Waals surface area contributed by atoms with E-state index in [2.05, 4.69) is 31.9 Å². The van der Waals surface area contributed by atoms with Crippen molar-refractivity contribution in [1.82, 2.24) is 31.9 Å². The number of carbonyl (C=O) groups excluding carboxylic acids is 8. The van der Waals surface area contributed by atoms with Gasteiger partial charge in [-0.05, 0) is 67.7 Å². The average Bonchev–Trinajstić information content (AvgIpc) is 3.12. The molecule has 0 saturated heterocycles. The summed E-state index contributed by atoms with van der Waals surface area (Å²) in [5.74, 6) is -6.96. The van der Waals surface area contributed by atoms with Gasteiger partial charge in [0.1, 0.15) is 42.0 Å². The van der Waals surface area contributed by atoms with Gasteiger partial charge in [-0.1, -0.05) is 60.1 Å². The summed E-state index contributed by atoms with van der Waals surface area (Å²) in [5.41, 5.74) is 17.0. The number of amides is 8. The SMILES string of the molecule is CC[C@H](C)[C@H](NC(=O)[C@H](CCC(N)=O)NC(=O)[C@@H](NC(C)=O)C(C)C)C(=O)N[C@H](C(=O)N[C@@H](Cc1ccc(O)cc1)C(=O)N[C@@H](CCCCN)C(N)=O)C(C)C. The minimum Gasteiger partial charge on any atom is -0.508 e. The van der Waals surface area contributed by atoms with Crippen LogP contribution >= 0.6 is 0 Å². The van der Waals surface area contributed by atoms with Crippen molar-refractivity contribution < 1.29 is 43.5 Å². The van der Waals surface area contributed by atoms with E-state index in [1.807, 2.05) is 0 Å². The molecule has 18 nitrogen and oxygen atoms in total. The number of unbranched alkanes of at least 4 members (excludes halogenated alkanes) is 1. The molecule has 0 aliphatic carbocycles. The third kappa shape index (κ3) is 17.0. The molecule has 0 spiro atoms. The van der Waals surface area contributed by atoms with E-state index in [4.69, 9.17) is 17.2 Å². The molecule has 13 N–H and O–H groups in total. The van der Waals surface area contributed by atoms with Crippen molar-refractivity contribution in [2.75, 3.05) is 6.54 Å². The molecule has 56 heavy (non-hydrogen) atoms. The molecule has 1 aromatic rings. The number of primary amides is 2. The van der Waals surface area contributed by atoms with E-state index >= 15 is 0 Å². The zero-order valence-corrected chi connectivity index (χ0v) is 33.6. The summed E-state index contributed by atoms with van der Waals surface area (Å²) in [6.07, 6.45) is 1.24. The second-order valence-corrected chi connectivity index (χ2v) is 14.8. The molecule has 1 rings (SSSR count). The van der Waals surface area contributed by atoms with E-state index in [0.717, 1.165) is 0 Å². The molecule has 0 heterocycles. The normalized spacial score (nSPS) is 14.9. The summed E-state index contributed by atoms with van der Waals surface area (Å²) in [7, 11) is 0. The van der Waals surface area contributed by atoms with Crippen molar-refractivity contribution in [2.45, 2.75) is 130 Å². The van der Waals surface area contributed by atoms with Gasteiger partial charge in [-0.15, -0.1) is 0 Å². The number of carbonyl (C=O) groups is 8. The quantitative estimate of drug-likeness (QED) is 0.0545. The van der Waals surface area contributed by atoms with Gasteiger partial charge in [0, 0.05) is 19.8 Å². The lowest BCUT2D eigenvalue weighted by molar-refractivity contribution is -0.137. The number of aromatic hydroxyl groups is 1. The summed E-state index contributed by atoms with van der Waals surface area (Å²) in [6.45, 7) is 11.9. The number of hydrogen-bond donors (Lipinski definition) is 10. The van der Waals surface area contributed by atoms with Crippen molar-refractivity contribution in [1.29, 1.82) is 0 Å². The van der Waals surface area contributed by atoms with E-state index in [-0.39, 0.29) is 37.4 Å². The highest BCUT2D eigenvalue weighted by Gasteiger charge is 2.36. The summed E-state index contributed by atoms with van der Waals surface area (Å²) in [5, 5.41) is 25.6. The molecule has 0 aliphatic rings. The fraction of sp³-hybridized carbons (Fsp3) is 0.632. The Morgan fingerprint density at radius 1 is 0.625 bits per heavy atom. The molecule has 0 saturated carbocycles. The summed E-state index contributed by atoms with van der Waals surface area (Å²) >= 11 is 0. The van der Waals surface area contributed by atoms with Gasteiger partial charge < -0.3 is 54.2 Å². The fourth-order valence-electron chi connectivity index (χ4n) is 5.69. The van der Waals surface area contributed by atoms with Crippen LogP contribution in [-0.2, 0) is 44.8 Å². The van der Waals surface area contributed by atoms with Gasteiger partial charge >= 0.3 is 0 Å². The number of hydrogen-bond acceptors (Lipinski definition) is 10. The zero-order valence-electron chi connectivity index (χ0n) is 33.6. The van der Waals surface area contributed by atoms with Crippen LogP contribution in [0.5, 0.6) is 5.75 Å². The first kappa shape index (κ1) is 48.8. The van der Waals surface area contributed by atoms with Crippen molar-refractivity contribution in [3.8, 4) is 5.75 Å². The zero-order chi connectivity index (χ0) is 42.7. The third-order valence-electron chi connectivity index (χ3n) is 9.28. The first-order valence-corrected chi connectivity index (χ1v) is 19.1. The predicted octanol–water partition coefficient (Wildman–Crippen LogP) is -0.899. The van der Waals surface area contributed by atoms with E-state index in [0.29, 0.717) is 31.4 Å². The Labute approximate surface area is 329 Å². The van der Waals surface area contributed by atoms with Crippen LogP contribution in [-0.4, -0.2) is 95.2 Å². The van der Waals surface area contributed by atoms with Gasteiger partial charge in [-0.3, -0.25) is 38.4 Å². The van der Waals surface area contributed by atoms with Gasteiger partial charge in [-0.2, -0.15) is 0 Å². The van der Waals surface area contributed by atoms with E-state index in [1.165, 1.54) is 19.1 Å². The Morgan fingerprint density at radius 2 is 1.11 bits per heavy atom. The topological polar surface area (TPSA) is 307 Å². The predicted molar refractivity (Wildman–Crippen MR) is 209 cm³/mol. The smallest absolute Gasteiger partial charge is 0.243 e. The average molecular weight is 790 g/mol. The first-order chi connectivity index (χ1) is 26.2. The maximum atomic E-state index is 13.9. The summed E-state index contributed by atoms with van der Waals surface area (Å²) < 4.78 is 0. The van der Waals surface area contributed by atoms with Gasteiger partial charge in [0.05, 0.1) is 0 Å². The molecule has 0 bridgehead atoms. The number of phenolic OH excluding ortho intramolecular Hbond substituents is 1. The van der Waals surface area contributed by atoms with E-state index < -0.39 is 95.3 Å². The first-order valence-electron chi connectivity index (χ1n) is 19.1. The maximum absolute atomic E-state index is 13.9. The Morgan fingerprint density at radius 3 is 1.59 bits per heavy atom. The van der Waals surface area contributed by atoms with Crippen LogP contribution < -0.4 is 49.1 Å². The number of rotatable bonds is 25. The molecule has 1 aromatic carbocycles. The molecular weight excluding hydrogens is 726 g/mol. The number of phenols is 1. The van der Waals surface area contributed by atoms with Crippen LogP contribution in [0.25, 0.3) is 0 Å². The van der Waals surface area contributed by atoms with Gasteiger partial charge in [0.25, 0.3) is 0 Å². The molecule has 18 heteroatoms. The lowest BCUT2D eigenvalue weighted by Gasteiger charge is -2.31. The molecule has 0 unspecified atom stereocenters. The lowest BCUT2D eigenvalue weighted by Crippen LogP contribution is -2.62. The molecule has 7 atom stereocenters. The molecule has 0 fully saturated rings. The van der Waals surface area contributed by atoms with Crippen molar-refractivity contribution in [3.05, 3.63) is 29.8 Å². The van der Waals surface area contributed by atoms with Crippen LogP contribution in [0.1, 0.15) is 92.6 Å². The van der Waals surface area contributed by atoms with Gasteiger partial charge in [0.2, 0.25) is 47.3 Å². The van der Waals surface area contributed by atoms with E-state index in [1.54, 1.807) is 53.7 Å². The highest BCUT2D eigenvalue weighted by Crippen LogP contribution is 2.15. The standard InChI is InChI=1S/C38H63N9O9/c1-8-22(6)32(47-34(52)27(16-17-29(40)50)44-36(54)30(20(2)3)42-23(7)48)38(56)46-31(21(4)5)37(55)45-28(19-24-12-14-25(49)15-13-24)35(53)43-26(33(41)51)11-9-10-18-39/h12-15,20-22,26-28,30-32,49H,8-11,16-19,39H2,1-7H3,(H2,40,50)(H2,41,51)(H,42,48)(H,43,53)(H,44,54)(H,45,55)(H,46,56)(H,47,52)/t22-,26-,27-,28-,30-,31-,32-/m0/s1. The largest absolute Gasteiger partial charge is 0.508 e. The molecular formula is C38H63N9O9. The van der Waals surface area contributed by atoms with Crippen molar-refractivity contribution in [2.24, 2.45) is 35.0 Å². The van der Waals surface area contributed by atoms with Gasteiger partial charge in [0.15, 0.2) is 0 Å². The molecule has 314 valence electrons. The summed E-state index contributed by atoms with van der Waals surface area (Å²) in [4.78, 5) is 104. The Hall–Kier alpha value is -5.26. The Kier molecular flexibility index (Phi) is 21.2. The van der Waals surface area contributed by atoms with Crippen LogP contribution in [0, 0.1) is 17.8 Å². The van der Waals surface area contributed by atoms with Crippen LogP contribution in [0.3, 0.4) is 0 Å². The Bertz CT molecular complexity index is 1500. The van der Waals surface area contributed by atoms with Crippen LogP contribution in [0.2, 0.25) is 0 Å². The second kappa shape index (κ2) is 24.3. The highest BCUT2D eigenvalue weighted by atomic mass is 16.3. The molecule has 0 aliphatic heterocycles. The number of nitrogens with two attached hydrogens (primary N) is 3. The number of nitrogens with one attached hydrogen (secondary N) is 6. The minimum absolute atomic E-state index is 0.00988. The second-order valence-electron chi connectivity index (χ2n) is 14.8. The van der Waals surface area contributed by atoms with Crippen molar-refractivity contribution in [3.63, 3.8) is 0 Å². The van der Waals surface area contributed by atoms with Crippen LogP contribution in [0.4, 0.5) is 0 Å². The monoisotopic (exact) mass is 789 g/mol. The molecule has 0 radical (unpaired) electrons.